The van der Waals surface area contributed by atoms with Gasteiger partial charge in [-0.05, 0) is 55.2 Å². The van der Waals surface area contributed by atoms with E-state index in [4.69, 9.17) is 16.3 Å². The van der Waals surface area contributed by atoms with Crippen molar-refractivity contribution in [1.29, 1.82) is 0 Å². The van der Waals surface area contributed by atoms with Gasteiger partial charge in [-0.15, -0.1) is 11.3 Å². The zero-order chi connectivity index (χ0) is 18.3. The molecule has 1 N–H and O–H groups in total. The van der Waals surface area contributed by atoms with Crippen molar-refractivity contribution in [1.82, 2.24) is 4.98 Å². The maximum absolute atomic E-state index is 12.5. The highest BCUT2D eigenvalue weighted by Gasteiger charge is 2.23. The second kappa shape index (κ2) is 6.74. The molecule has 0 fully saturated rings. The Bertz CT molecular complexity index is 1010. The highest BCUT2D eigenvalue weighted by molar-refractivity contribution is 7.16. The molecule has 4 nitrogen and oxygen atoms in total. The SMILES string of the molecule is COc1cc2c(cc1C)-c1nc(NC(=O)c3ccccc3Cl)sc1CC2. The van der Waals surface area contributed by atoms with Gasteiger partial charge < -0.3 is 4.74 Å². The van der Waals surface area contributed by atoms with Gasteiger partial charge in [-0.2, -0.15) is 0 Å². The number of amides is 1. The molecule has 26 heavy (non-hydrogen) atoms. The Balaban J connectivity index is 1.66. The van der Waals surface area contributed by atoms with Crippen molar-refractivity contribution in [2.24, 2.45) is 0 Å². The van der Waals surface area contributed by atoms with E-state index < -0.39 is 0 Å². The van der Waals surface area contributed by atoms with Crippen LogP contribution in [-0.4, -0.2) is 18.0 Å². The van der Waals surface area contributed by atoms with Crippen LogP contribution in [0.2, 0.25) is 5.02 Å². The zero-order valence-corrected chi connectivity index (χ0v) is 16.0. The van der Waals surface area contributed by atoms with Gasteiger partial charge in [0.1, 0.15) is 5.75 Å². The lowest BCUT2D eigenvalue weighted by Gasteiger charge is -2.17. The molecule has 3 aromatic rings. The summed E-state index contributed by atoms with van der Waals surface area (Å²) >= 11 is 7.64. The molecular formula is C20H17ClN2O2S. The van der Waals surface area contributed by atoms with Crippen molar-refractivity contribution in [2.45, 2.75) is 19.8 Å². The summed E-state index contributed by atoms with van der Waals surface area (Å²) in [4.78, 5) is 18.4. The van der Waals surface area contributed by atoms with E-state index in [0.717, 1.165) is 35.4 Å². The largest absolute Gasteiger partial charge is 0.496 e. The van der Waals surface area contributed by atoms with Crippen LogP contribution >= 0.6 is 22.9 Å². The van der Waals surface area contributed by atoms with Gasteiger partial charge in [-0.25, -0.2) is 4.98 Å². The number of nitrogens with zero attached hydrogens (tertiary/aromatic N) is 1. The number of carbonyl (C=O) groups is 1. The van der Waals surface area contributed by atoms with Crippen LogP contribution in [-0.2, 0) is 12.8 Å². The predicted molar refractivity (Wildman–Crippen MR) is 106 cm³/mol. The van der Waals surface area contributed by atoms with Gasteiger partial charge in [0.15, 0.2) is 5.13 Å². The molecule has 2 aromatic carbocycles. The molecule has 1 aliphatic carbocycles. The summed E-state index contributed by atoms with van der Waals surface area (Å²) in [6, 6.07) is 11.2. The summed E-state index contributed by atoms with van der Waals surface area (Å²) in [5.41, 5.74) is 4.84. The molecule has 0 unspecified atom stereocenters. The molecule has 1 aromatic heterocycles. The molecule has 0 saturated heterocycles. The van der Waals surface area contributed by atoms with Crippen molar-refractivity contribution >= 4 is 34.0 Å². The standard InChI is InChI=1S/C20H17ClN2O2S/c1-11-9-14-12(10-16(11)25-2)7-8-17-18(14)22-20(26-17)23-19(24)13-5-3-4-6-15(13)21/h3-6,9-10H,7-8H2,1-2H3,(H,22,23,24). The molecule has 1 amide bonds. The van der Waals surface area contributed by atoms with Crippen molar-refractivity contribution in [3.63, 3.8) is 0 Å². The summed E-state index contributed by atoms with van der Waals surface area (Å²) in [5, 5.41) is 3.91. The fourth-order valence-electron chi connectivity index (χ4n) is 3.22. The number of thiazole rings is 1. The molecule has 4 rings (SSSR count). The van der Waals surface area contributed by atoms with E-state index in [9.17, 15) is 4.79 Å². The number of hydrogen-bond donors (Lipinski definition) is 1. The summed E-state index contributed by atoms with van der Waals surface area (Å²) < 4.78 is 5.43. The summed E-state index contributed by atoms with van der Waals surface area (Å²) in [6.45, 7) is 2.03. The Labute approximate surface area is 160 Å². The van der Waals surface area contributed by atoms with E-state index in [0.29, 0.717) is 15.7 Å². The van der Waals surface area contributed by atoms with Crippen LogP contribution < -0.4 is 10.1 Å². The highest BCUT2D eigenvalue weighted by atomic mass is 35.5. The van der Waals surface area contributed by atoms with E-state index in [1.165, 1.54) is 21.8 Å². The van der Waals surface area contributed by atoms with E-state index >= 15 is 0 Å². The predicted octanol–water partition coefficient (Wildman–Crippen LogP) is 5.13. The van der Waals surface area contributed by atoms with Crippen molar-refractivity contribution in [3.8, 4) is 17.0 Å². The molecule has 1 heterocycles. The Morgan fingerprint density at radius 1 is 1.27 bits per heavy atom. The number of fused-ring (bicyclic) bond motifs is 3. The molecule has 1 aliphatic rings. The Morgan fingerprint density at radius 2 is 2.08 bits per heavy atom. The minimum absolute atomic E-state index is 0.243. The maximum atomic E-state index is 12.5. The molecule has 0 aliphatic heterocycles. The van der Waals surface area contributed by atoms with Gasteiger partial charge in [0.2, 0.25) is 0 Å². The monoisotopic (exact) mass is 384 g/mol. The molecule has 132 valence electrons. The lowest BCUT2D eigenvalue weighted by atomic mass is 9.91. The summed E-state index contributed by atoms with van der Waals surface area (Å²) in [5.74, 6) is 0.655. The van der Waals surface area contributed by atoms with Crippen LogP contribution in [0.4, 0.5) is 5.13 Å². The fourth-order valence-corrected chi connectivity index (χ4v) is 4.41. The molecule has 0 bridgehead atoms. The number of anilines is 1. The van der Waals surface area contributed by atoms with Crippen LogP contribution in [0, 0.1) is 6.92 Å². The second-order valence-electron chi connectivity index (χ2n) is 6.20. The molecule has 0 saturated carbocycles. The van der Waals surface area contributed by atoms with E-state index in [1.807, 2.05) is 6.92 Å². The van der Waals surface area contributed by atoms with Gasteiger partial charge in [-0.3, -0.25) is 10.1 Å². The van der Waals surface area contributed by atoms with Gasteiger partial charge >= 0.3 is 0 Å². The van der Waals surface area contributed by atoms with Gasteiger partial charge in [0.25, 0.3) is 5.91 Å². The summed E-state index contributed by atoms with van der Waals surface area (Å²) in [7, 11) is 1.69. The number of ether oxygens (including phenoxy) is 1. The van der Waals surface area contributed by atoms with Crippen LogP contribution in [0.5, 0.6) is 5.75 Å². The first-order valence-electron chi connectivity index (χ1n) is 8.30. The van der Waals surface area contributed by atoms with Gasteiger partial charge in [0.05, 0.1) is 23.4 Å². The van der Waals surface area contributed by atoms with Gasteiger partial charge in [0, 0.05) is 10.4 Å². The van der Waals surface area contributed by atoms with E-state index in [2.05, 4.69) is 22.4 Å². The van der Waals surface area contributed by atoms with Crippen LogP contribution in [0.25, 0.3) is 11.3 Å². The minimum Gasteiger partial charge on any atom is -0.496 e. The normalized spacial score (nSPS) is 12.3. The molecule has 0 atom stereocenters. The van der Waals surface area contributed by atoms with Crippen LogP contribution in [0.1, 0.15) is 26.4 Å². The fraction of sp³-hybridized carbons (Fsp3) is 0.200. The number of aromatic nitrogens is 1. The zero-order valence-electron chi connectivity index (χ0n) is 14.4. The first-order valence-corrected chi connectivity index (χ1v) is 9.49. The summed E-state index contributed by atoms with van der Waals surface area (Å²) in [6.07, 6.45) is 1.85. The maximum Gasteiger partial charge on any atom is 0.258 e. The quantitative estimate of drug-likeness (QED) is 0.680. The van der Waals surface area contributed by atoms with Gasteiger partial charge in [-0.1, -0.05) is 23.7 Å². The third kappa shape index (κ3) is 2.97. The molecule has 0 radical (unpaired) electrons. The average Bonchev–Trinajstić information content (AvgIpc) is 3.04. The minimum atomic E-state index is -0.243. The van der Waals surface area contributed by atoms with Crippen LogP contribution in [0.3, 0.4) is 0 Å². The third-order valence-corrected chi connectivity index (χ3v) is 5.89. The van der Waals surface area contributed by atoms with E-state index in [1.54, 1.807) is 31.4 Å². The Kier molecular flexibility index (Phi) is 4.42. The van der Waals surface area contributed by atoms with Crippen molar-refractivity contribution < 1.29 is 9.53 Å². The lowest BCUT2D eigenvalue weighted by molar-refractivity contribution is 0.102. The van der Waals surface area contributed by atoms with Crippen molar-refractivity contribution in [3.05, 3.63) is 63.0 Å². The number of hydrogen-bond acceptors (Lipinski definition) is 4. The number of carbonyl (C=O) groups excluding carboxylic acids is 1. The molecule has 0 spiro atoms. The Morgan fingerprint density at radius 3 is 2.85 bits per heavy atom. The number of aryl methyl sites for hydroxylation is 3. The number of nitrogens with one attached hydrogen (secondary N) is 1. The first kappa shape index (κ1) is 17.1. The third-order valence-electron chi connectivity index (χ3n) is 4.53. The average molecular weight is 385 g/mol. The number of rotatable bonds is 3. The lowest BCUT2D eigenvalue weighted by Crippen LogP contribution is -2.12. The smallest absolute Gasteiger partial charge is 0.258 e. The van der Waals surface area contributed by atoms with E-state index in [-0.39, 0.29) is 5.91 Å². The van der Waals surface area contributed by atoms with Crippen molar-refractivity contribution in [2.75, 3.05) is 12.4 Å². The number of halogens is 1. The highest BCUT2D eigenvalue weighted by Crippen LogP contribution is 2.40. The van der Waals surface area contributed by atoms with Crippen LogP contribution in [0.15, 0.2) is 36.4 Å². The first-order chi connectivity index (χ1) is 12.6. The second-order valence-corrected chi connectivity index (χ2v) is 7.69. The molecular weight excluding hydrogens is 368 g/mol. The topological polar surface area (TPSA) is 51.2 Å². The number of methoxy groups -OCH3 is 1. The molecule has 6 heteroatoms. The number of benzene rings is 2. The Hall–Kier alpha value is -2.37.